The molecule has 0 spiro atoms. The van der Waals surface area contributed by atoms with Crippen LogP contribution < -0.4 is 9.47 Å². The van der Waals surface area contributed by atoms with Crippen LogP contribution in [0.25, 0.3) is 226 Å². The van der Waals surface area contributed by atoms with Crippen LogP contribution in [0.4, 0.5) is 0 Å². The minimum atomic E-state index is -0.405. The number of ether oxygens (including phenoxy) is 2. The molecule has 8 heterocycles. The van der Waals surface area contributed by atoms with E-state index in [9.17, 15) is 9.59 Å². The smallest absolute Gasteiger partial charge is 0.308 e. The first kappa shape index (κ1) is 87.3. The topological polar surface area (TPSA) is 158 Å². The van der Waals surface area contributed by atoms with Crippen molar-refractivity contribution in [3.05, 3.63) is 232 Å². The maximum atomic E-state index is 12.0. The third kappa shape index (κ3) is 14.3. The molecule has 8 aliphatic heterocycles. The number of allylic oxidation sites excluding steroid dienone is 1. The number of carbonyl (C=O) groups excluding carboxylic acids is 2. The predicted octanol–water partition coefficient (Wildman–Crippen LogP) is 37.0. The minimum absolute atomic E-state index is 0.00932. The van der Waals surface area contributed by atoms with Crippen LogP contribution in [0.3, 0.4) is 0 Å². The molecule has 0 saturated carbocycles. The number of hydrogen-bond donors (Lipinski definition) is 0. The van der Waals surface area contributed by atoms with Crippen LogP contribution in [0.2, 0.25) is 0 Å². The third-order valence-corrected chi connectivity index (χ3v) is 28.3. The molecule has 0 fully saturated rings. The summed E-state index contributed by atoms with van der Waals surface area (Å²) < 4.78 is 64.5. The molecular weight excluding hydrogens is 1660 g/mol. The molecule has 16 aromatic carbocycles. The molecule has 678 valence electrons. The fourth-order valence-electron chi connectivity index (χ4n) is 21.1. The van der Waals surface area contributed by atoms with Gasteiger partial charge in [0.2, 0.25) is 0 Å². The number of rotatable bonds is 14. The summed E-state index contributed by atoms with van der Waals surface area (Å²) in [5.41, 5.74) is 35.9. The Kier molecular flexibility index (Phi) is 20.6. The monoisotopic (exact) mass is 1770 g/mol. The SMILES string of the molecule is C=C(C)c1cc2ccc3oc4cc(C(C)C)cc5ccc6oc(c1)c2c3-c6c54.CC(=O)Oc1cc2oc3cc(C(C)C)cc4c(OC(C)=O)cc5oc6cc(C(C)C)cc1c6c2-c5c34.CC(C)(C)c1cc2cc(C(C)(C)C)c3oc4cc(C(C)(C)C)cc5cc(C(C)(C)C)c6oc(c1)c2c3-c6c54.CCCCCc1ccc2ccc3oc4c(CCCCC)ccc5ccc6oc1c2c3-c6c54. The molecule has 0 atom stereocenters. The Balaban J connectivity index is 0.000000108. The zero-order valence-corrected chi connectivity index (χ0v) is 81.7. The summed E-state index contributed by atoms with van der Waals surface area (Å²) in [7, 11) is 0. The van der Waals surface area contributed by atoms with Crippen LogP contribution in [0.15, 0.2) is 212 Å². The molecule has 134 heavy (non-hydrogen) atoms. The largest absolute Gasteiger partial charge is 0.456 e. The van der Waals surface area contributed by atoms with Crippen LogP contribution in [0.5, 0.6) is 11.5 Å². The van der Waals surface area contributed by atoms with Crippen LogP contribution in [0.1, 0.15) is 271 Å². The second-order valence-corrected chi connectivity index (χ2v) is 43.2. The average molecular weight is 1780 g/mol. The van der Waals surface area contributed by atoms with E-state index in [2.05, 4.69) is 291 Å². The summed E-state index contributed by atoms with van der Waals surface area (Å²) in [6.07, 6.45) is 9.45. The first-order chi connectivity index (χ1) is 63.8. The van der Waals surface area contributed by atoms with Crippen LogP contribution >= 0.6 is 0 Å². The van der Waals surface area contributed by atoms with Gasteiger partial charge in [-0.2, -0.15) is 0 Å². The van der Waals surface area contributed by atoms with Gasteiger partial charge in [0, 0.05) is 135 Å². The van der Waals surface area contributed by atoms with Gasteiger partial charge in [-0.25, -0.2) is 0 Å². The van der Waals surface area contributed by atoms with Gasteiger partial charge in [0.05, 0.1) is 0 Å². The molecule has 24 rings (SSSR count). The highest BCUT2D eigenvalue weighted by molar-refractivity contribution is 6.30. The Labute approximate surface area is 780 Å². The van der Waals surface area contributed by atoms with E-state index in [4.69, 9.17) is 44.8 Å². The molecule has 0 saturated heterocycles. The van der Waals surface area contributed by atoms with Crippen LogP contribution in [0, 0.1) is 0 Å². The maximum absolute atomic E-state index is 12.0. The van der Waals surface area contributed by atoms with Crippen molar-refractivity contribution in [1.82, 2.24) is 0 Å². The van der Waals surface area contributed by atoms with Gasteiger partial charge < -0.3 is 44.8 Å². The fourth-order valence-corrected chi connectivity index (χ4v) is 21.1. The van der Waals surface area contributed by atoms with Gasteiger partial charge in [-0.05, 0) is 240 Å². The van der Waals surface area contributed by atoms with E-state index >= 15 is 0 Å². The second kappa shape index (κ2) is 31.7. The van der Waals surface area contributed by atoms with E-state index in [-0.39, 0.29) is 33.5 Å². The van der Waals surface area contributed by atoms with Gasteiger partial charge in [-0.15, -0.1) is 0 Å². The van der Waals surface area contributed by atoms with E-state index < -0.39 is 11.9 Å². The molecule has 0 amide bonds. The normalized spacial score (nSPS) is 13.0. The summed E-state index contributed by atoms with van der Waals surface area (Å²) in [4.78, 5) is 24.0. The van der Waals surface area contributed by atoms with Gasteiger partial charge in [0.15, 0.2) is 0 Å². The highest BCUT2D eigenvalue weighted by Gasteiger charge is 2.38. The number of aryl methyl sites for hydroxylation is 2. The van der Waals surface area contributed by atoms with Crippen molar-refractivity contribution < 1.29 is 54.4 Å². The average Bonchev–Trinajstić information content (AvgIpc) is 0.700. The molecule has 0 unspecified atom stereocenters. The zero-order valence-electron chi connectivity index (χ0n) is 81.7. The van der Waals surface area contributed by atoms with E-state index in [1.807, 2.05) is 19.1 Å². The summed E-state index contributed by atoms with van der Waals surface area (Å²) in [6, 6.07) is 60.6. The lowest BCUT2D eigenvalue weighted by Gasteiger charge is -2.30. The number of hydrogen-bond acceptors (Lipinski definition) is 12. The first-order valence-corrected chi connectivity index (χ1v) is 48.2. The fraction of sp³-hybridized carbons (Fsp3) is 0.311. The Bertz CT molecular complexity index is 8240. The van der Waals surface area contributed by atoms with Crippen molar-refractivity contribution in [2.45, 2.75) is 250 Å². The van der Waals surface area contributed by atoms with Crippen molar-refractivity contribution in [1.29, 1.82) is 0 Å². The highest BCUT2D eigenvalue weighted by Crippen LogP contribution is 2.59. The first-order valence-electron chi connectivity index (χ1n) is 48.2. The van der Waals surface area contributed by atoms with Crippen molar-refractivity contribution in [3.63, 3.8) is 0 Å². The molecule has 0 aromatic heterocycles. The second-order valence-electron chi connectivity index (χ2n) is 43.2. The van der Waals surface area contributed by atoms with Crippen molar-refractivity contribution in [2.24, 2.45) is 0 Å². The van der Waals surface area contributed by atoms with Crippen LogP contribution in [-0.2, 0) is 44.1 Å². The summed E-state index contributed by atoms with van der Waals surface area (Å²) in [5.74, 6) is 0.953. The summed E-state index contributed by atoms with van der Waals surface area (Å²) >= 11 is 0. The molecule has 12 nitrogen and oxygen atoms in total. The Hall–Kier alpha value is -13.3. The summed E-state index contributed by atoms with van der Waals surface area (Å²) in [5, 5.41) is 17.6. The maximum Gasteiger partial charge on any atom is 0.308 e. The number of unbranched alkanes of at least 4 members (excludes halogenated alkanes) is 4. The number of benzene rings is 16. The molecule has 16 aromatic rings. The van der Waals surface area contributed by atoms with Crippen molar-refractivity contribution in [2.75, 3.05) is 0 Å². The Morgan fingerprint density at radius 3 is 1.01 bits per heavy atom. The Morgan fingerprint density at radius 2 is 0.627 bits per heavy atom. The lowest BCUT2D eigenvalue weighted by atomic mass is 9.76. The van der Waals surface area contributed by atoms with Gasteiger partial charge in [-0.1, -0.05) is 243 Å². The van der Waals surface area contributed by atoms with Gasteiger partial charge in [-0.3, -0.25) is 9.59 Å². The van der Waals surface area contributed by atoms with Gasteiger partial charge in [0.25, 0.3) is 0 Å². The zero-order chi connectivity index (χ0) is 94.0. The van der Waals surface area contributed by atoms with Crippen molar-refractivity contribution in [3.8, 4) is 56.0 Å². The molecule has 0 N–H and O–H groups in total. The standard InChI is InChI=1S/C36H42O2.C30H26O6.C30H30O2.C26H20O2/c1-33(2,3)21-13-19-15-23(35(7,8)9)32-29-27(19)25(17-21)37-31-24(36(10,11)12)16-20-14-22(34(4,5)6)18-26(38-32)28(20)30(29)31;1-13(2)17-7-19-21(33-15(5)31)11-26-29-27(19)23(9-17)35-25-12-22(34-16(6)32)20-8-18(14(3)4)10-24(36-26)28(20)30(25)29;1-3-5-7-9-21-13-11-19-15-18-24-27-25(19)29(21)31-23-17-16-20-12-14-22(10-8-6-4-2)30(32-24)26(20)28(23)27;1-13(2)17-9-15-5-7-20-25-23(15)21(11-17)27-19-8-6-16-10-18(14(3)4)12-22(28-20)24(16)26(19)25/h13-18H,1-12H3;7-14H,1-6H3;11-18H,3-10H2,1-2H3;5-12,14H,1H2,2-4H3. The Morgan fingerprint density at radius 1 is 0.299 bits per heavy atom. The van der Waals surface area contributed by atoms with Gasteiger partial charge in [0.1, 0.15) is 101 Å². The summed E-state index contributed by atoms with van der Waals surface area (Å²) in [6.45, 7) is 53.6. The third-order valence-electron chi connectivity index (χ3n) is 28.3. The predicted molar refractivity (Wildman–Crippen MR) is 556 cm³/mol. The highest BCUT2D eigenvalue weighted by atomic mass is 16.5. The minimum Gasteiger partial charge on any atom is -0.456 e. The molecule has 12 heteroatoms. The quantitative estimate of drug-likeness (QED) is 0.0334. The number of carbonyl (C=O) groups is 2. The molecule has 0 radical (unpaired) electrons. The van der Waals surface area contributed by atoms with E-state index in [0.29, 0.717) is 39.7 Å². The lowest BCUT2D eigenvalue weighted by molar-refractivity contribution is -0.132. The molecule has 0 bridgehead atoms. The number of esters is 2. The van der Waals surface area contributed by atoms with E-state index in [1.165, 1.54) is 162 Å². The van der Waals surface area contributed by atoms with E-state index in [1.54, 1.807) is 12.1 Å². The molecule has 8 aliphatic rings. The lowest BCUT2D eigenvalue weighted by Crippen LogP contribution is -2.16. The van der Waals surface area contributed by atoms with Crippen molar-refractivity contribution >= 4 is 193 Å². The van der Waals surface area contributed by atoms with Gasteiger partial charge >= 0.3 is 11.9 Å². The molecule has 0 aliphatic carbocycles. The molecular formula is C122H118O12. The van der Waals surface area contributed by atoms with Crippen LogP contribution in [-0.4, -0.2) is 11.9 Å². The van der Waals surface area contributed by atoms with E-state index in [0.717, 1.165) is 162 Å².